The van der Waals surface area contributed by atoms with Crippen molar-refractivity contribution in [1.82, 2.24) is 4.90 Å². The molecule has 0 saturated heterocycles. The number of non-ortho nitro benzene ring substituents is 1. The maximum absolute atomic E-state index is 13.7. The predicted octanol–water partition coefficient (Wildman–Crippen LogP) is 1.81. The minimum absolute atomic E-state index is 0.0407. The van der Waals surface area contributed by atoms with E-state index in [0.717, 1.165) is 31.0 Å². The highest BCUT2D eigenvalue weighted by Crippen LogP contribution is 2.29. The third-order valence-corrected chi connectivity index (χ3v) is 3.21. The first-order valence-corrected chi connectivity index (χ1v) is 6.37. The number of hydrogen-bond donors (Lipinski definition) is 1. The minimum Gasteiger partial charge on any atom is -0.481 e. The lowest BCUT2D eigenvalue weighted by Gasteiger charge is -2.21. The van der Waals surface area contributed by atoms with Crippen molar-refractivity contribution in [3.63, 3.8) is 0 Å². The van der Waals surface area contributed by atoms with E-state index in [1.54, 1.807) is 0 Å². The molecule has 1 aliphatic rings. The van der Waals surface area contributed by atoms with Gasteiger partial charge in [-0.1, -0.05) is 0 Å². The Bertz CT molecular complexity index is 600. The average molecular weight is 296 g/mol. The molecule has 7 nitrogen and oxygen atoms in total. The lowest BCUT2D eigenvalue weighted by molar-refractivity contribution is -0.384. The second-order valence-corrected chi connectivity index (χ2v) is 4.79. The zero-order valence-corrected chi connectivity index (χ0v) is 11.0. The zero-order chi connectivity index (χ0) is 15.6. The van der Waals surface area contributed by atoms with Crippen LogP contribution in [-0.2, 0) is 4.79 Å². The lowest BCUT2D eigenvalue weighted by Crippen LogP contribution is -2.35. The number of nitrogens with zero attached hydrogens (tertiary/aromatic N) is 2. The summed E-state index contributed by atoms with van der Waals surface area (Å²) < 4.78 is 13.7. The number of rotatable bonds is 6. The van der Waals surface area contributed by atoms with Crippen LogP contribution < -0.4 is 0 Å². The van der Waals surface area contributed by atoms with Crippen LogP contribution >= 0.6 is 0 Å². The Hall–Kier alpha value is -2.51. The van der Waals surface area contributed by atoms with Crippen LogP contribution in [0, 0.1) is 15.9 Å². The molecule has 0 spiro atoms. The summed E-state index contributed by atoms with van der Waals surface area (Å²) in [5, 5.41) is 19.4. The van der Waals surface area contributed by atoms with Crippen LogP contribution in [0.15, 0.2) is 18.2 Å². The minimum atomic E-state index is -1.06. The van der Waals surface area contributed by atoms with Crippen molar-refractivity contribution in [2.45, 2.75) is 25.3 Å². The summed E-state index contributed by atoms with van der Waals surface area (Å²) in [5.41, 5.74) is -0.782. The Kier molecular flexibility index (Phi) is 4.15. The summed E-state index contributed by atoms with van der Waals surface area (Å²) in [7, 11) is 0. The first-order chi connectivity index (χ1) is 9.90. The molecule has 1 aromatic rings. The van der Waals surface area contributed by atoms with Crippen molar-refractivity contribution in [3.8, 4) is 0 Å². The number of benzene rings is 1. The Morgan fingerprint density at radius 2 is 2.10 bits per heavy atom. The van der Waals surface area contributed by atoms with Gasteiger partial charge < -0.3 is 10.0 Å². The maximum atomic E-state index is 13.7. The van der Waals surface area contributed by atoms with Gasteiger partial charge >= 0.3 is 5.97 Å². The first-order valence-electron chi connectivity index (χ1n) is 6.37. The zero-order valence-electron chi connectivity index (χ0n) is 11.0. The second-order valence-electron chi connectivity index (χ2n) is 4.79. The molecule has 0 unspecified atom stereocenters. The molecule has 1 N–H and O–H groups in total. The topological polar surface area (TPSA) is 101 Å². The smallest absolute Gasteiger partial charge is 0.305 e. The van der Waals surface area contributed by atoms with Crippen molar-refractivity contribution in [3.05, 3.63) is 39.7 Å². The highest BCUT2D eigenvalue weighted by Gasteiger charge is 2.34. The fourth-order valence-corrected chi connectivity index (χ4v) is 2.00. The van der Waals surface area contributed by atoms with E-state index in [4.69, 9.17) is 5.11 Å². The quantitative estimate of drug-likeness (QED) is 0.637. The largest absolute Gasteiger partial charge is 0.481 e. The van der Waals surface area contributed by atoms with Gasteiger partial charge in [0.2, 0.25) is 0 Å². The van der Waals surface area contributed by atoms with E-state index in [9.17, 15) is 24.1 Å². The number of carbonyl (C=O) groups is 2. The van der Waals surface area contributed by atoms with Crippen LogP contribution in [0.2, 0.25) is 0 Å². The highest BCUT2D eigenvalue weighted by atomic mass is 19.1. The Morgan fingerprint density at radius 3 is 2.62 bits per heavy atom. The van der Waals surface area contributed by atoms with Gasteiger partial charge in [-0.05, 0) is 18.9 Å². The molecular formula is C13H13FN2O5. The lowest BCUT2D eigenvalue weighted by atomic mass is 10.1. The monoisotopic (exact) mass is 296 g/mol. The van der Waals surface area contributed by atoms with Crippen LogP contribution in [-0.4, -0.2) is 39.4 Å². The molecule has 0 bridgehead atoms. The van der Waals surface area contributed by atoms with E-state index in [2.05, 4.69) is 0 Å². The summed E-state index contributed by atoms with van der Waals surface area (Å²) in [6, 6.07) is 2.61. The van der Waals surface area contributed by atoms with Gasteiger partial charge in [-0.3, -0.25) is 19.7 Å². The highest BCUT2D eigenvalue weighted by molar-refractivity contribution is 5.95. The molecular weight excluding hydrogens is 283 g/mol. The summed E-state index contributed by atoms with van der Waals surface area (Å²) >= 11 is 0. The normalized spacial score (nSPS) is 13.8. The molecule has 1 aliphatic carbocycles. The number of amides is 1. The Morgan fingerprint density at radius 1 is 1.43 bits per heavy atom. The van der Waals surface area contributed by atoms with Crippen LogP contribution in [0.3, 0.4) is 0 Å². The molecule has 0 aliphatic heterocycles. The summed E-state index contributed by atoms with van der Waals surface area (Å²) in [6.45, 7) is -0.0407. The number of carbonyl (C=O) groups excluding carboxylic acids is 1. The summed E-state index contributed by atoms with van der Waals surface area (Å²) in [6.07, 6.45) is 1.20. The van der Waals surface area contributed by atoms with Crippen molar-refractivity contribution >= 4 is 17.6 Å². The fourth-order valence-electron chi connectivity index (χ4n) is 2.00. The molecule has 0 heterocycles. The first kappa shape index (κ1) is 14.9. The van der Waals surface area contributed by atoms with Gasteiger partial charge in [-0.2, -0.15) is 0 Å². The summed E-state index contributed by atoms with van der Waals surface area (Å²) in [5.74, 6) is -2.63. The van der Waals surface area contributed by atoms with Crippen LogP contribution in [0.25, 0.3) is 0 Å². The Labute approximate surface area is 119 Å². The van der Waals surface area contributed by atoms with Crippen LogP contribution in [0.4, 0.5) is 10.1 Å². The van der Waals surface area contributed by atoms with Gasteiger partial charge in [0.25, 0.3) is 11.6 Å². The molecule has 21 heavy (non-hydrogen) atoms. The summed E-state index contributed by atoms with van der Waals surface area (Å²) in [4.78, 5) is 34.2. The van der Waals surface area contributed by atoms with Gasteiger partial charge in [0, 0.05) is 24.7 Å². The molecule has 1 amide bonds. The van der Waals surface area contributed by atoms with E-state index in [-0.39, 0.29) is 24.7 Å². The van der Waals surface area contributed by atoms with E-state index in [1.807, 2.05) is 0 Å². The third-order valence-electron chi connectivity index (χ3n) is 3.21. The molecule has 1 saturated carbocycles. The molecule has 112 valence electrons. The average Bonchev–Trinajstić information content (AvgIpc) is 3.23. The van der Waals surface area contributed by atoms with Crippen molar-refractivity contribution in [2.75, 3.05) is 6.54 Å². The van der Waals surface area contributed by atoms with E-state index in [1.165, 1.54) is 4.90 Å². The van der Waals surface area contributed by atoms with Gasteiger partial charge in [-0.15, -0.1) is 0 Å². The second kappa shape index (κ2) is 5.86. The van der Waals surface area contributed by atoms with E-state index < -0.39 is 28.2 Å². The number of aliphatic carboxylic acids is 1. The molecule has 0 radical (unpaired) electrons. The van der Waals surface area contributed by atoms with Crippen LogP contribution in [0.1, 0.15) is 29.6 Å². The van der Waals surface area contributed by atoms with Crippen molar-refractivity contribution in [1.29, 1.82) is 0 Å². The van der Waals surface area contributed by atoms with Gasteiger partial charge in [0.05, 0.1) is 16.9 Å². The number of carboxylic acids is 1. The van der Waals surface area contributed by atoms with E-state index in [0.29, 0.717) is 0 Å². The maximum Gasteiger partial charge on any atom is 0.305 e. The predicted molar refractivity (Wildman–Crippen MR) is 69.4 cm³/mol. The number of carboxylic acid groups (broad SMARTS) is 1. The number of nitro groups is 1. The molecule has 8 heteroatoms. The number of hydrogen-bond acceptors (Lipinski definition) is 4. The molecule has 1 aromatic carbocycles. The fraction of sp³-hybridized carbons (Fsp3) is 0.385. The van der Waals surface area contributed by atoms with E-state index >= 15 is 0 Å². The van der Waals surface area contributed by atoms with Gasteiger partial charge in [-0.25, -0.2) is 4.39 Å². The van der Waals surface area contributed by atoms with Crippen molar-refractivity contribution < 1.29 is 24.0 Å². The molecule has 1 fully saturated rings. The SMILES string of the molecule is O=C(O)CCN(C(=O)c1cc([N+](=O)[O-])ccc1F)C1CC1. The van der Waals surface area contributed by atoms with Crippen molar-refractivity contribution in [2.24, 2.45) is 0 Å². The van der Waals surface area contributed by atoms with Gasteiger partial charge in [0.15, 0.2) is 0 Å². The Balaban J connectivity index is 2.25. The third kappa shape index (κ3) is 3.53. The standard InChI is InChI=1S/C13H13FN2O5/c14-11-4-3-9(16(20)21)7-10(11)13(19)15(8-1-2-8)6-5-12(17)18/h3-4,7-8H,1-2,5-6H2,(H,17,18). The molecule has 2 rings (SSSR count). The molecule has 0 aromatic heterocycles. The molecule has 0 atom stereocenters. The number of halogens is 1. The number of nitro benzene ring substituents is 1. The van der Waals surface area contributed by atoms with Crippen LogP contribution in [0.5, 0.6) is 0 Å². The van der Waals surface area contributed by atoms with Gasteiger partial charge in [0.1, 0.15) is 5.82 Å².